The van der Waals surface area contributed by atoms with E-state index in [-0.39, 0.29) is 19.2 Å². The normalized spacial score (nSPS) is 21.0. The predicted octanol–water partition coefficient (Wildman–Crippen LogP) is 2.35. The molecule has 0 aliphatic carbocycles. The fourth-order valence-corrected chi connectivity index (χ4v) is 4.50. The van der Waals surface area contributed by atoms with E-state index in [1.54, 1.807) is 0 Å². The molecular formula is C13H16F4N2O2S. The molecule has 1 heterocycles. The number of rotatable bonds is 3. The zero-order valence-electron chi connectivity index (χ0n) is 11.6. The van der Waals surface area contributed by atoms with Crippen molar-refractivity contribution in [1.82, 2.24) is 4.31 Å². The van der Waals surface area contributed by atoms with E-state index < -0.39 is 38.5 Å². The monoisotopic (exact) mass is 340 g/mol. The molecule has 0 spiro atoms. The van der Waals surface area contributed by atoms with Crippen molar-refractivity contribution < 1.29 is 26.0 Å². The summed E-state index contributed by atoms with van der Waals surface area (Å²) in [6.07, 6.45) is -3.14. The number of hydrogen-bond donors (Lipinski definition) is 1. The molecule has 1 unspecified atom stereocenters. The van der Waals surface area contributed by atoms with Crippen molar-refractivity contribution in [3.8, 4) is 0 Å². The Hall–Kier alpha value is -1.19. The first kappa shape index (κ1) is 17.2. The van der Waals surface area contributed by atoms with Crippen molar-refractivity contribution in [2.75, 3.05) is 13.1 Å². The summed E-state index contributed by atoms with van der Waals surface area (Å²) in [6, 6.07) is 1.04. The summed E-state index contributed by atoms with van der Waals surface area (Å²) in [4.78, 5) is -0.929. The molecule has 4 nitrogen and oxygen atoms in total. The quantitative estimate of drug-likeness (QED) is 0.859. The Morgan fingerprint density at radius 1 is 1.27 bits per heavy atom. The van der Waals surface area contributed by atoms with Crippen LogP contribution in [0.25, 0.3) is 0 Å². The standard InChI is InChI=1S/C13H16F4N2O2S/c14-9-4-5-12(11(7-9)13(15,16)17)22(20,21)19-6-2-1-3-10(19)8-18/h4-5,7,10H,1-3,6,8,18H2. The van der Waals surface area contributed by atoms with E-state index in [1.807, 2.05) is 0 Å². The summed E-state index contributed by atoms with van der Waals surface area (Å²) in [5.41, 5.74) is 4.04. The molecule has 0 amide bonds. The number of hydrogen-bond acceptors (Lipinski definition) is 3. The van der Waals surface area contributed by atoms with Gasteiger partial charge in [0.25, 0.3) is 0 Å². The van der Waals surface area contributed by atoms with Crippen LogP contribution in [0.3, 0.4) is 0 Å². The highest BCUT2D eigenvalue weighted by Crippen LogP contribution is 2.37. The van der Waals surface area contributed by atoms with E-state index in [9.17, 15) is 26.0 Å². The molecular weight excluding hydrogens is 324 g/mol. The van der Waals surface area contributed by atoms with Gasteiger partial charge in [-0.1, -0.05) is 6.42 Å². The molecule has 9 heteroatoms. The van der Waals surface area contributed by atoms with E-state index in [4.69, 9.17) is 5.73 Å². The highest BCUT2D eigenvalue weighted by molar-refractivity contribution is 7.89. The van der Waals surface area contributed by atoms with Gasteiger partial charge in [0.05, 0.1) is 10.5 Å². The van der Waals surface area contributed by atoms with Gasteiger partial charge in [-0.2, -0.15) is 17.5 Å². The maximum Gasteiger partial charge on any atom is 0.417 e. The highest BCUT2D eigenvalue weighted by atomic mass is 32.2. The third-order valence-corrected chi connectivity index (χ3v) is 5.69. The van der Waals surface area contributed by atoms with Crippen molar-refractivity contribution in [2.45, 2.75) is 36.4 Å². The van der Waals surface area contributed by atoms with Gasteiger partial charge in [-0.25, -0.2) is 12.8 Å². The molecule has 1 saturated heterocycles. The van der Waals surface area contributed by atoms with Gasteiger partial charge < -0.3 is 5.73 Å². The van der Waals surface area contributed by atoms with Crippen molar-refractivity contribution in [3.63, 3.8) is 0 Å². The SMILES string of the molecule is NCC1CCCCN1S(=O)(=O)c1ccc(F)cc1C(F)(F)F. The predicted molar refractivity (Wildman–Crippen MR) is 72.0 cm³/mol. The van der Waals surface area contributed by atoms with Crippen LogP contribution < -0.4 is 5.73 Å². The Balaban J connectivity index is 2.54. The van der Waals surface area contributed by atoms with Crippen molar-refractivity contribution in [1.29, 1.82) is 0 Å². The van der Waals surface area contributed by atoms with E-state index >= 15 is 0 Å². The van der Waals surface area contributed by atoms with Gasteiger partial charge in [0, 0.05) is 19.1 Å². The minimum Gasteiger partial charge on any atom is -0.329 e. The average molecular weight is 340 g/mol. The van der Waals surface area contributed by atoms with E-state index in [1.165, 1.54) is 0 Å². The lowest BCUT2D eigenvalue weighted by Crippen LogP contribution is -2.47. The molecule has 0 saturated carbocycles. The van der Waals surface area contributed by atoms with Crippen LogP contribution in [0.15, 0.2) is 23.1 Å². The molecule has 22 heavy (non-hydrogen) atoms. The molecule has 0 aromatic heterocycles. The van der Waals surface area contributed by atoms with Crippen LogP contribution in [0.4, 0.5) is 17.6 Å². The summed E-state index contributed by atoms with van der Waals surface area (Å²) in [5.74, 6) is -1.14. The fourth-order valence-electron chi connectivity index (χ4n) is 2.60. The molecule has 1 fully saturated rings. The number of piperidine rings is 1. The molecule has 2 rings (SSSR count). The third-order valence-electron chi connectivity index (χ3n) is 3.68. The second-order valence-corrected chi connectivity index (χ2v) is 7.00. The van der Waals surface area contributed by atoms with Crippen LogP contribution in [-0.4, -0.2) is 31.9 Å². The Kier molecular flexibility index (Phi) is 4.78. The topological polar surface area (TPSA) is 63.4 Å². The summed E-state index contributed by atoms with van der Waals surface area (Å²) < 4.78 is 78.4. The largest absolute Gasteiger partial charge is 0.417 e. The van der Waals surface area contributed by atoms with Crippen LogP contribution in [-0.2, 0) is 16.2 Å². The minimum atomic E-state index is -4.96. The summed E-state index contributed by atoms with van der Waals surface area (Å²) >= 11 is 0. The second-order valence-electron chi connectivity index (χ2n) is 5.14. The van der Waals surface area contributed by atoms with Gasteiger partial charge in [0.2, 0.25) is 10.0 Å². The Morgan fingerprint density at radius 3 is 2.55 bits per heavy atom. The number of benzene rings is 1. The average Bonchev–Trinajstić information content (AvgIpc) is 2.46. The lowest BCUT2D eigenvalue weighted by molar-refractivity contribution is -0.140. The van der Waals surface area contributed by atoms with E-state index in [0.717, 1.165) is 10.7 Å². The molecule has 0 bridgehead atoms. The number of nitrogens with zero attached hydrogens (tertiary/aromatic N) is 1. The van der Waals surface area contributed by atoms with Crippen LogP contribution in [0, 0.1) is 5.82 Å². The maximum atomic E-state index is 13.1. The zero-order valence-corrected chi connectivity index (χ0v) is 12.4. The van der Waals surface area contributed by atoms with Crippen LogP contribution in [0.5, 0.6) is 0 Å². The summed E-state index contributed by atoms with van der Waals surface area (Å²) in [6.45, 7) is 0.140. The summed E-state index contributed by atoms with van der Waals surface area (Å²) in [5, 5.41) is 0. The Morgan fingerprint density at radius 2 is 1.95 bits per heavy atom. The van der Waals surface area contributed by atoms with Gasteiger partial charge in [0.1, 0.15) is 5.82 Å². The summed E-state index contributed by atoms with van der Waals surface area (Å²) in [7, 11) is -4.39. The lowest BCUT2D eigenvalue weighted by atomic mass is 10.1. The number of sulfonamides is 1. The second kappa shape index (κ2) is 6.13. The van der Waals surface area contributed by atoms with Gasteiger partial charge in [-0.15, -0.1) is 0 Å². The van der Waals surface area contributed by atoms with Crippen molar-refractivity contribution >= 4 is 10.0 Å². The van der Waals surface area contributed by atoms with E-state index in [0.29, 0.717) is 25.0 Å². The highest BCUT2D eigenvalue weighted by Gasteiger charge is 2.41. The number of halogens is 4. The molecule has 1 aromatic carbocycles. The molecule has 2 N–H and O–H groups in total. The maximum absolute atomic E-state index is 13.1. The Bertz CT molecular complexity index is 646. The lowest BCUT2D eigenvalue weighted by Gasteiger charge is -2.34. The number of nitrogens with two attached hydrogens (primary N) is 1. The first-order valence-electron chi connectivity index (χ1n) is 6.76. The van der Waals surface area contributed by atoms with Gasteiger partial charge in [-0.05, 0) is 31.0 Å². The number of alkyl halides is 3. The van der Waals surface area contributed by atoms with Crippen LogP contribution in [0.2, 0.25) is 0 Å². The van der Waals surface area contributed by atoms with E-state index in [2.05, 4.69) is 0 Å². The molecule has 0 radical (unpaired) electrons. The third kappa shape index (κ3) is 3.26. The first-order chi connectivity index (χ1) is 10.2. The first-order valence-corrected chi connectivity index (χ1v) is 8.20. The smallest absolute Gasteiger partial charge is 0.329 e. The molecule has 1 aliphatic heterocycles. The zero-order chi connectivity index (χ0) is 16.5. The molecule has 1 aliphatic rings. The van der Waals surface area contributed by atoms with Gasteiger partial charge in [0.15, 0.2) is 0 Å². The minimum absolute atomic E-state index is 0.0295. The van der Waals surface area contributed by atoms with Gasteiger partial charge in [-0.3, -0.25) is 0 Å². The van der Waals surface area contributed by atoms with Gasteiger partial charge >= 0.3 is 6.18 Å². The van der Waals surface area contributed by atoms with Crippen LogP contribution in [0.1, 0.15) is 24.8 Å². The van der Waals surface area contributed by atoms with Crippen molar-refractivity contribution in [3.05, 3.63) is 29.6 Å². The molecule has 124 valence electrons. The molecule has 1 aromatic rings. The van der Waals surface area contributed by atoms with Crippen LogP contribution >= 0.6 is 0 Å². The Labute approximate surface area is 126 Å². The fraction of sp³-hybridized carbons (Fsp3) is 0.538. The van der Waals surface area contributed by atoms with Crippen molar-refractivity contribution in [2.24, 2.45) is 5.73 Å². The molecule has 1 atom stereocenters.